The molecule has 3 rings (SSSR count). The van der Waals surface area contributed by atoms with E-state index in [0.717, 1.165) is 37.8 Å². The number of rotatable bonds is 4. The number of likely N-dealkylation sites (tertiary alicyclic amines) is 1. The molecule has 1 aromatic carbocycles. The van der Waals surface area contributed by atoms with E-state index in [-0.39, 0.29) is 5.91 Å². The van der Waals surface area contributed by atoms with Crippen LogP contribution in [0.25, 0.3) is 0 Å². The molecule has 0 aliphatic carbocycles. The van der Waals surface area contributed by atoms with Crippen LogP contribution in [0.5, 0.6) is 0 Å². The fourth-order valence-electron chi connectivity index (χ4n) is 3.94. The fourth-order valence-corrected chi connectivity index (χ4v) is 3.94. The number of anilines is 2. The van der Waals surface area contributed by atoms with Crippen molar-refractivity contribution in [1.82, 2.24) is 4.90 Å². The maximum Gasteiger partial charge on any atom is 0.224 e. The lowest BCUT2D eigenvalue weighted by Gasteiger charge is -2.32. The smallest absolute Gasteiger partial charge is 0.224 e. The lowest BCUT2D eigenvalue weighted by Crippen LogP contribution is -2.34. The minimum atomic E-state index is 0.148. The van der Waals surface area contributed by atoms with Gasteiger partial charge >= 0.3 is 0 Å². The standard InChI is InChI=1S/C20H31N3O/c1-16-9-12-23(13-10-16)19-7-5-18(6-8-19)21-20(24)14-17-4-3-11-22(2)15-17/h5-8,16-17H,3-4,9-15H2,1-2H3,(H,21,24). The minimum absolute atomic E-state index is 0.148. The first-order valence-electron chi connectivity index (χ1n) is 9.43. The molecule has 24 heavy (non-hydrogen) atoms. The Labute approximate surface area is 146 Å². The van der Waals surface area contributed by atoms with Crippen molar-refractivity contribution in [2.75, 3.05) is 43.4 Å². The minimum Gasteiger partial charge on any atom is -0.372 e. The summed E-state index contributed by atoms with van der Waals surface area (Å²) in [6.45, 7) is 6.82. The summed E-state index contributed by atoms with van der Waals surface area (Å²) >= 11 is 0. The van der Waals surface area contributed by atoms with Gasteiger partial charge in [-0.1, -0.05) is 6.92 Å². The van der Waals surface area contributed by atoms with Crippen LogP contribution in [-0.2, 0) is 4.79 Å². The molecule has 0 bridgehead atoms. The highest BCUT2D eigenvalue weighted by Gasteiger charge is 2.20. The number of carbonyl (C=O) groups excluding carboxylic acids is 1. The third-order valence-corrected chi connectivity index (χ3v) is 5.50. The van der Waals surface area contributed by atoms with Crippen molar-refractivity contribution >= 4 is 17.3 Å². The number of hydrogen-bond acceptors (Lipinski definition) is 3. The van der Waals surface area contributed by atoms with Crippen LogP contribution in [0.4, 0.5) is 11.4 Å². The van der Waals surface area contributed by atoms with Crippen LogP contribution in [0.3, 0.4) is 0 Å². The summed E-state index contributed by atoms with van der Waals surface area (Å²) in [5.41, 5.74) is 2.19. The molecule has 132 valence electrons. The van der Waals surface area contributed by atoms with E-state index < -0.39 is 0 Å². The number of piperidine rings is 2. The Morgan fingerprint density at radius 1 is 1.12 bits per heavy atom. The van der Waals surface area contributed by atoms with Crippen molar-refractivity contribution in [1.29, 1.82) is 0 Å². The van der Waals surface area contributed by atoms with Crippen LogP contribution in [0.1, 0.15) is 39.0 Å². The van der Waals surface area contributed by atoms with Crippen molar-refractivity contribution < 1.29 is 4.79 Å². The number of nitrogens with zero attached hydrogens (tertiary/aromatic N) is 2. The maximum atomic E-state index is 12.3. The Morgan fingerprint density at radius 3 is 2.50 bits per heavy atom. The van der Waals surface area contributed by atoms with E-state index >= 15 is 0 Å². The molecule has 1 unspecified atom stereocenters. The Hall–Kier alpha value is -1.55. The van der Waals surface area contributed by atoms with E-state index in [9.17, 15) is 4.79 Å². The summed E-state index contributed by atoms with van der Waals surface area (Å²) in [4.78, 5) is 17.0. The van der Waals surface area contributed by atoms with Gasteiger partial charge in [0.1, 0.15) is 0 Å². The molecule has 2 fully saturated rings. The molecular formula is C20H31N3O. The van der Waals surface area contributed by atoms with Crippen molar-refractivity contribution in [3.05, 3.63) is 24.3 Å². The predicted octanol–water partition coefficient (Wildman–Crippen LogP) is 3.59. The first-order chi connectivity index (χ1) is 11.6. The third-order valence-electron chi connectivity index (χ3n) is 5.50. The van der Waals surface area contributed by atoms with Gasteiger partial charge in [-0.15, -0.1) is 0 Å². The van der Waals surface area contributed by atoms with Gasteiger partial charge < -0.3 is 15.1 Å². The average molecular weight is 329 g/mol. The molecule has 0 radical (unpaired) electrons. The zero-order valence-corrected chi connectivity index (χ0v) is 15.1. The van der Waals surface area contributed by atoms with E-state index in [0.29, 0.717) is 12.3 Å². The number of nitrogens with one attached hydrogen (secondary N) is 1. The van der Waals surface area contributed by atoms with Crippen LogP contribution in [0, 0.1) is 11.8 Å². The van der Waals surface area contributed by atoms with E-state index in [1.807, 2.05) is 12.1 Å². The van der Waals surface area contributed by atoms with Gasteiger partial charge in [0.15, 0.2) is 0 Å². The Bertz CT molecular complexity index is 534. The molecule has 2 heterocycles. The van der Waals surface area contributed by atoms with E-state index in [1.165, 1.54) is 31.4 Å². The highest BCUT2D eigenvalue weighted by molar-refractivity contribution is 5.91. The van der Waals surface area contributed by atoms with Crippen molar-refractivity contribution in [3.8, 4) is 0 Å². The second kappa shape index (κ2) is 8.02. The number of carbonyl (C=O) groups is 1. The second-order valence-corrected chi connectivity index (χ2v) is 7.74. The molecule has 4 heteroatoms. The van der Waals surface area contributed by atoms with Gasteiger partial charge in [0.2, 0.25) is 5.91 Å². The SMILES string of the molecule is CC1CCN(c2ccc(NC(=O)CC3CCCN(C)C3)cc2)CC1. The summed E-state index contributed by atoms with van der Waals surface area (Å²) < 4.78 is 0. The second-order valence-electron chi connectivity index (χ2n) is 7.74. The van der Waals surface area contributed by atoms with E-state index in [4.69, 9.17) is 0 Å². The van der Waals surface area contributed by atoms with Gasteiger partial charge in [0.05, 0.1) is 0 Å². The zero-order valence-electron chi connectivity index (χ0n) is 15.1. The molecule has 2 aliphatic heterocycles. The summed E-state index contributed by atoms with van der Waals surface area (Å²) in [6.07, 6.45) is 5.56. The Morgan fingerprint density at radius 2 is 1.83 bits per heavy atom. The molecule has 0 aromatic heterocycles. The maximum absolute atomic E-state index is 12.3. The molecule has 0 saturated carbocycles. The first kappa shape index (κ1) is 17.3. The van der Waals surface area contributed by atoms with Crippen LogP contribution < -0.4 is 10.2 Å². The lowest BCUT2D eigenvalue weighted by atomic mass is 9.95. The van der Waals surface area contributed by atoms with Gasteiger partial charge in [-0.3, -0.25) is 4.79 Å². The van der Waals surface area contributed by atoms with Gasteiger partial charge in [-0.05, 0) is 75.4 Å². The molecular weight excluding hydrogens is 298 g/mol. The quantitative estimate of drug-likeness (QED) is 0.917. The largest absolute Gasteiger partial charge is 0.372 e. The number of hydrogen-bond donors (Lipinski definition) is 1. The van der Waals surface area contributed by atoms with E-state index in [2.05, 4.69) is 41.2 Å². The molecule has 2 aliphatic rings. The van der Waals surface area contributed by atoms with E-state index in [1.54, 1.807) is 0 Å². The first-order valence-corrected chi connectivity index (χ1v) is 9.43. The van der Waals surface area contributed by atoms with Gasteiger partial charge in [-0.25, -0.2) is 0 Å². The molecule has 4 nitrogen and oxygen atoms in total. The molecule has 1 N–H and O–H groups in total. The molecule has 2 saturated heterocycles. The van der Waals surface area contributed by atoms with Crippen LogP contribution >= 0.6 is 0 Å². The summed E-state index contributed by atoms with van der Waals surface area (Å²) in [7, 11) is 2.14. The van der Waals surface area contributed by atoms with Gasteiger partial charge in [-0.2, -0.15) is 0 Å². The summed E-state index contributed by atoms with van der Waals surface area (Å²) in [5.74, 6) is 1.49. The molecule has 1 amide bonds. The fraction of sp³-hybridized carbons (Fsp3) is 0.650. The normalized spacial score (nSPS) is 23.2. The Balaban J connectivity index is 1.49. The lowest BCUT2D eigenvalue weighted by molar-refractivity contribution is -0.117. The molecule has 1 aromatic rings. The number of benzene rings is 1. The molecule has 1 atom stereocenters. The third kappa shape index (κ3) is 4.73. The van der Waals surface area contributed by atoms with Crippen molar-refractivity contribution in [3.63, 3.8) is 0 Å². The zero-order chi connectivity index (χ0) is 16.9. The van der Waals surface area contributed by atoms with Gasteiger partial charge in [0.25, 0.3) is 0 Å². The summed E-state index contributed by atoms with van der Waals surface area (Å²) in [5, 5.41) is 3.07. The van der Waals surface area contributed by atoms with Crippen molar-refractivity contribution in [2.24, 2.45) is 11.8 Å². The van der Waals surface area contributed by atoms with Gasteiger partial charge in [0, 0.05) is 37.4 Å². The van der Waals surface area contributed by atoms with Crippen LogP contribution in [0.2, 0.25) is 0 Å². The Kier molecular flexibility index (Phi) is 5.77. The monoisotopic (exact) mass is 329 g/mol. The molecule has 0 spiro atoms. The average Bonchev–Trinajstić information content (AvgIpc) is 2.56. The predicted molar refractivity (Wildman–Crippen MR) is 101 cm³/mol. The summed E-state index contributed by atoms with van der Waals surface area (Å²) in [6, 6.07) is 8.36. The van der Waals surface area contributed by atoms with Crippen LogP contribution in [0.15, 0.2) is 24.3 Å². The number of amides is 1. The highest BCUT2D eigenvalue weighted by Crippen LogP contribution is 2.25. The van der Waals surface area contributed by atoms with Crippen molar-refractivity contribution in [2.45, 2.75) is 39.0 Å². The highest BCUT2D eigenvalue weighted by atomic mass is 16.1. The topological polar surface area (TPSA) is 35.6 Å². The van der Waals surface area contributed by atoms with Crippen LogP contribution in [-0.4, -0.2) is 44.0 Å².